The average molecular weight is 282 g/mol. The summed E-state index contributed by atoms with van der Waals surface area (Å²) in [5.74, 6) is -0.232. The second-order valence-corrected chi connectivity index (χ2v) is 4.98. The second kappa shape index (κ2) is 5.97. The number of benzene rings is 1. The lowest BCUT2D eigenvalue weighted by atomic mass is 9.93. The number of thiocarbonyl (C=S) groups is 1. The molecule has 3 N–H and O–H groups in total. The van der Waals surface area contributed by atoms with Gasteiger partial charge in [0.05, 0.1) is 11.0 Å². The van der Waals surface area contributed by atoms with E-state index in [9.17, 15) is 9.18 Å². The highest BCUT2D eigenvalue weighted by Crippen LogP contribution is 2.26. The Morgan fingerprint density at radius 3 is 2.84 bits per heavy atom. The molecule has 4 nitrogen and oxygen atoms in total. The van der Waals surface area contributed by atoms with E-state index in [1.165, 1.54) is 6.07 Å². The molecular formula is C13H15FN2O2S. The normalized spacial score (nSPS) is 23.3. The summed E-state index contributed by atoms with van der Waals surface area (Å²) in [4.78, 5) is 11.1. The fourth-order valence-corrected chi connectivity index (χ4v) is 2.57. The van der Waals surface area contributed by atoms with Crippen molar-refractivity contribution in [3.05, 3.63) is 35.6 Å². The zero-order chi connectivity index (χ0) is 13.8. The van der Waals surface area contributed by atoms with Crippen LogP contribution in [0.2, 0.25) is 0 Å². The predicted octanol–water partition coefficient (Wildman–Crippen LogP) is 2.26. The summed E-state index contributed by atoms with van der Waals surface area (Å²) in [7, 11) is 0. The first-order valence-electron chi connectivity index (χ1n) is 6.09. The minimum Gasteiger partial charge on any atom is -0.465 e. The molecule has 0 saturated carbocycles. The van der Waals surface area contributed by atoms with Gasteiger partial charge < -0.3 is 15.7 Å². The van der Waals surface area contributed by atoms with Crippen molar-refractivity contribution < 1.29 is 14.3 Å². The van der Waals surface area contributed by atoms with Gasteiger partial charge in [-0.2, -0.15) is 0 Å². The van der Waals surface area contributed by atoms with E-state index in [1.807, 2.05) is 0 Å². The number of halogens is 1. The molecule has 2 rings (SSSR count). The van der Waals surface area contributed by atoms with Gasteiger partial charge in [0.25, 0.3) is 0 Å². The van der Waals surface area contributed by atoms with Gasteiger partial charge in [0.2, 0.25) is 0 Å². The van der Waals surface area contributed by atoms with Crippen LogP contribution in [0.1, 0.15) is 24.3 Å². The molecule has 2 atom stereocenters. The van der Waals surface area contributed by atoms with Crippen molar-refractivity contribution in [1.82, 2.24) is 10.6 Å². The number of amides is 1. The van der Waals surface area contributed by atoms with Crippen LogP contribution < -0.4 is 10.6 Å². The van der Waals surface area contributed by atoms with Gasteiger partial charge >= 0.3 is 6.09 Å². The Kier molecular flexibility index (Phi) is 4.31. The highest BCUT2D eigenvalue weighted by molar-refractivity contribution is 7.80. The Hall–Kier alpha value is -1.69. The van der Waals surface area contributed by atoms with Gasteiger partial charge in [0.15, 0.2) is 0 Å². The molecule has 0 unspecified atom stereocenters. The molecule has 1 amide bonds. The first-order chi connectivity index (χ1) is 9.08. The van der Waals surface area contributed by atoms with Gasteiger partial charge in [0, 0.05) is 12.5 Å². The summed E-state index contributed by atoms with van der Waals surface area (Å²) in [6.45, 7) is 0.525. The number of rotatable bonds is 2. The Morgan fingerprint density at radius 2 is 2.16 bits per heavy atom. The molecule has 1 heterocycles. The van der Waals surface area contributed by atoms with Crippen LogP contribution in [0.5, 0.6) is 0 Å². The number of hydrogen-bond donors (Lipinski definition) is 3. The Labute approximate surface area is 116 Å². The largest absolute Gasteiger partial charge is 0.465 e. The van der Waals surface area contributed by atoms with Gasteiger partial charge in [0.1, 0.15) is 5.82 Å². The predicted molar refractivity (Wildman–Crippen MR) is 73.9 cm³/mol. The smallest absolute Gasteiger partial charge is 0.405 e. The minimum absolute atomic E-state index is 0.000236. The second-order valence-electron chi connectivity index (χ2n) is 4.54. The summed E-state index contributed by atoms with van der Waals surface area (Å²) in [6.07, 6.45) is 0.148. The molecule has 6 heteroatoms. The van der Waals surface area contributed by atoms with Gasteiger partial charge in [-0.3, -0.25) is 0 Å². The van der Waals surface area contributed by atoms with Crippen LogP contribution in [-0.2, 0) is 0 Å². The summed E-state index contributed by atoms with van der Waals surface area (Å²) in [5.41, 5.74) is 0.647. The van der Waals surface area contributed by atoms with Crippen LogP contribution in [0, 0.1) is 5.82 Å². The third-order valence-corrected chi connectivity index (χ3v) is 3.71. The van der Waals surface area contributed by atoms with E-state index in [-0.39, 0.29) is 11.7 Å². The van der Waals surface area contributed by atoms with Gasteiger partial charge in [-0.1, -0.05) is 30.4 Å². The zero-order valence-corrected chi connectivity index (χ0v) is 11.0. The van der Waals surface area contributed by atoms with E-state index < -0.39 is 12.1 Å². The van der Waals surface area contributed by atoms with Crippen molar-refractivity contribution in [3.63, 3.8) is 0 Å². The lowest BCUT2D eigenvalue weighted by Gasteiger charge is -2.15. The average Bonchev–Trinajstić information content (AvgIpc) is 2.53. The Balaban J connectivity index is 2.10. The summed E-state index contributed by atoms with van der Waals surface area (Å²) in [5, 5.41) is 14.1. The van der Waals surface area contributed by atoms with Crippen molar-refractivity contribution in [2.24, 2.45) is 0 Å². The van der Waals surface area contributed by atoms with Crippen LogP contribution in [-0.4, -0.2) is 28.8 Å². The molecule has 1 aliphatic heterocycles. The van der Waals surface area contributed by atoms with Crippen molar-refractivity contribution in [2.75, 3.05) is 6.54 Å². The molecule has 1 fully saturated rings. The molecule has 0 bridgehead atoms. The standard InChI is InChI=1S/C13H15FN2O2S/c14-10-4-2-1-3-9(10)8-5-6-11(16-13(17)18)12(19)15-7-8/h1-4,8,11,16H,5-7H2,(H,15,19)(H,17,18)/t8-,11-/m1/s1. The zero-order valence-electron chi connectivity index (χ0n) is 10.2. The molecule has 0 radical (unpaired) electrons. The molecular weight excluding hydrogens is 267 g/mol. The maximum absolute atomic E-state index is 13.7. The van der Waals surface area contributed by atoms with E-state index in [2.05, 4.69) is 10.6 Å². The van der Waals surface area contributed by atoms with E-state index in [4.69, 9.17) is 17.3 Å². The molecule has 102 valence electrons. The van der Waals surface area contributed by atoms with Crippen molar-refractivity contribution in [3.8, 4) is 0 Å². The molecule has 1 aromatic carbocycles. The number of carboxylic acid groups (broad SMARTS) is 1. The highest BCUT2D eigenvalue weighted by Gasteiger charge is 2.25. The van der Waals surface area contributed by atoms with Crippen molar-refractivity contribution >= 4 is 23.3 Å². The monoisotopic (exact) mass is 282 g/mol. The molecule has 1 aromatic rings. The van der Waals surface area contributed by atoms with Crippen LogP contribution in [0.15, 0.2) is 24.3 Å². The lowest BCUT2D eigenvalue weighted by molar-refractivity contribution is 0.192. The molecule has 1 aliphatic rings. The van der Waals surface area contributed by atoms with Crippen molar-refractivity contribution in [1.29, 1.82) is 0 Å². The molecule has 0 aromatic heterocycles. The van der Waals surface area contributed by atoms with E-state index in [0.717, 1.165) is 0 Å². The van der Waals surface area contributed by atoms with Gasteiger partial charge in [-0.25, -0.2) is 9.18 Å². The SMILES string of the molecule is O=C(O)N[C@@H]1CC[C@@H](c2ccccc2F)CNC1=S. The van der Waals surface area contributed by atoms with E-state index in [0.29, 0.717) is 29.9 Å². The van der Waals surface area contributed by atoms with E-state index >= 15 is 0 Å². The van der Waals surface area contributed by atoms with Crippen LogP contribution in [0.25, 0.3) is 0 Å². The first kappa shape index (κ1) is 13.7. The Morgan fingerprint density at radius 1 is 1.42 bits per heavy atom. The fourth-order valence-electron chi connectivity index (χ4n) is 2.31. The molecule has 0 spiro atoms. The molecule has 1 saturated heterocycles. The number of nitrogens with one attached hydrogen (secondary N) is 2. The lowest BCUT2D eigenvalue weighted by Crippen LogP contribution is -2.43. The third kappa shape index (κ3) is 3.41. The Bertz CT molecular complexity index is 495. The fraction of sp³-hybridized carbons (Fsp3) is 0.385. The molecule has 19 heavy (non-hydrogen) atoms. The van der Waals surface area contributed by atoms with Gasteiger partial charge in [-0.05, 0) is 24.5 Å². The topological polar surface area (TPSA) is 61.4 Å². The van der Waals surface area contributed by atoms with Gasteiger partial charge in [-0.15, -0.1) is 0 Å². The highest BCUT2D eigenvalue weighted by atomic mass is 32.1. The van der Waals surface area contributed by atoms with Crippen LogP contribution >= 0.6 is 12.2 Å². The quantitative estimate of drug-likeness (QED) is 0.728. The van der Waals surface area contributed by atoms with Crippen molar-refractivity contribution in [2.45, 2.75) is 24.8 Å². The maximum atomic E-state index is 13.7. The van der Waals surface area contributed by atoms with E-state index in [1.54, 1.807) is 18.2 Å². The number of carbonyl (C=O) groups is 1. The third-order valence-electron chi connectivity index (χ3n) is 3.29. The van der Waals surface area contributed by atoms with Crippen LogP contribution in [0.4, 0.5) is 9.18 Å². The summed E-state index contributed by atoms with van der Waals surface area (Å²) >= 11 is 5.14. The minimum atomic E-state index is -1.10. The van der Waals surface area contributed by atoms with Crippen LogP contribution in [0.3, 0.4) is 0 Å². The summed E-state index contributed by atoms with van der Waals surface area (Å²) < 4.78 is 13.7. The summed E-state index contributed by atoms with van der Waals surface area (Å²) in [6, 6.07) is 6.25. The number of hydrogen-bond acceptors (Lipinski definition) is 2. The first-order valence-corrected chi connectivity index (χ1v) is 6.50. The maximum Gasteiger partial charge on any atom is 0.405 e. The molecule has 0 aliphatic carbocycles.